The molecule has 0 bridgehead atoms. The first-order chi connectivity index (χ1) is 12.1. The van der Waals surface area contributed by atoms with Crippen LogP contribution in [0.25, 0.3) is 0 Å². The van der Waals surface area contributed by atoms with Gasteiger partial charge in [0, 0.05) is 24.3 Å². The summed E-state index contributed by atoms with van der Waals surface area (Å²) >= 11 is 5.92. The third-order valence-electron chi connectivity index (χ3n) is 4.17. The van der Waals surface area contributed by atoms with Gasteiger partial charge in [0.1, 0.15) is 5.75 Å². The molecule has 2 aromatic rings. The quantitative estimate of drug-likeness (QED) is 0.816. The van der Waals surface area contributed by atoms with Crippen molar-refractivity contribution in [3.63, 3.8) is 0 Å². The van der Waals surface area contributed by atoms with E-state index in [0.717, 1.165) is 0 Å². The maximum absolute atomic E-state index is 12.9. The van der Waals surface area contributed by atoms with Gasteiger partial charge in [-0.15, -0.1) is 0 Å². The van der Waals surface area contributed by atoms with Gasteiger partial charge >= 0.3 is 0 Å². The van der Waals surface area contributed by atoms with Gasteiger partial charge in [-0.05, 0) is 37.4 Å². The van der Waals surface area contributed by atoms with Gasteiger partial charge in [-0.1, -0.05) is 23.7 Å². The molecule has 1 aromatic heterocycles. The molecule has 1 saturated heterocycles. The van der Waals surface area contributed by atoms with Crippen LogP contribution in [0.1, 0.15) is 31.5 Å². The van der Waals surface area contributed by atoms with Gasteiger partial charge in [-0.3, -0.25) is 4.79 Å². The van der Waals surface area contributed by atoms with Crippen LogP contribution in [0.3, 0.4) is 0 Å². The van der Waals surface area contributed by atoms with Crippen molar-refractivity contribution in [2.75, 3.05) is 13.1 Å². The summed E-state index contributed by atoms with van der Waals surface area (Å²) in [4.78, 5) is 17.1. The van der Waals surface area contributed by atoms with Crippen LogP contribution < -0.4 is 15.4 Å². The molecule has 1 fully saturated rings. The molecule has 0 saturated carbocycles. The lowest BCUT2D eigenvalue weighted by Gasteiger charge is -2.36. The summed E-state index contributed by atoms with van der Waals surface area (Å²) in [6.07, 6.45) is 1.82. The highest BCUT2D eigenvalue weighted by molar-refractivity contribution is 6.30. The Kier molecular flexibility index (Phi) is 5.55. The van der Waals surface area contributed by atoms with E-state index >= 15 is 0 Å². The zero-order valence-corrected chi connectivity index (χ0v) is 14.8. The van der Waals surface area contributed by atoms with Crippen LogP contribution in [0.15, 0.2) is 28.8 Å². The maximum atomic E-state index is 12.9. The number of aryl methyl sites for hydroxylation is 1. The number of benzene rings is 1. The first-order valence-corrected chi connectivity index (χ1v) is 8.74. The summed E-state index contributed by atoms with van der Waals surface area (Å²) in [6, 6.07) is 7.03. The van der Waals surface area contributed by atoms with Gasteiger partial charge in [0.2, 0.25) is 5.89 Å². The average Bonchev–Trinajstić information content (AvgIpc) is 3.10. The number of carbonyl (C=O) groups excluding carboxylic acids is 1. The minimum absolute atomic E-state index is 0.174. The van der Waals surface area contributed by atoms with Gasteiger partial charge in [-0.2, -0.15) is 4.98 Å². The molecule has 1 aliphatic heterocycles. The van der Waals surface area contributed by atoms with Crippen molar-refractivity contribution in [3.8, 4) is 5.75 Å². The molecule has 25 heavy (non-hydrogen) atoms. The van der Waals surface area contributed by atoms with Crippen LogP contribution in [-0.4, -0.2) is 34.7 Å². The van der Waals surface area contributed by atoms with E-state index in [0.29, 0.717) is 54.8 Å². The van der Waals surface area contributed by atoms with Crippen molar-refractivity contribution in [1.29, 1.82) is 0 Å². The highest BCUT2D eigenvalue weighted by Gasteiger charge is 2.42. The Labute approximate surface area is 151 Å². The van der Waals surface area contributed by atoms with E-state index in [1.54, 1.807) is 24.3 Å². The normalized spacial score (nSPS) is 16.4. The second kappa shape index (κ2) is 7.84. The fourth-order valence-electron chi connectivity index (χ4n) is 2.76. The molecule has 0 atom stereocenters. The summed E-state index contributed by atoms with van der Waals surface area (Å²) < 4.78 is 11.2. The fourth-order valence-corrected chi connectivity index (χ4v) is 2.89. The number of carbonyl (C=O) groups is 1. The van der Waals surface area contributed by atoms with Gasteiger partial charge in [0.05, 0.1) is 6.54 Å². The van der Waals surface area contributed by atoms with Gasteiger partial charge in [0.25, 0.3) is 5.91 Å². The maximum Gasteiger partial charge on any atom is 0.264 e. The molecule has 0 aliphatic carbocycles. The van der Waals surface area contributed by atoms with E-state index in [9.17, 15) is 4.79 Å². The second-order valence-corrected chi connectivity index (χ2v) is 6.38. The van der Waals surface area contributed by atoms with Crippen LogP contribution in [0.4, 0.5) is 0 Å². The summed E-state index contributed by atoms with van der Waals surface area (Å²) in [7, 11) is 0. The molecule has 0 unspecified atom stereocenters. The Morgan fingerprint density at radius 3 is 2.72 bits per heavy atom. The third-order valence-corrected chi connectivity index (χ3v) is 4.42. The van der Waals surface area contributed by atoms with E-state index in [2.05, 4.69) is 20.8 Å². The summed E-state index contributed by atoms with van der Waals surface area (Å²) in [5, 5.41) is 10.6. The van der Waals surface area contributed by atoms with Crippen molar-refractivity contribution in [2.45, 2.75) is 38.3 Å². The molecule has 134 valence electrons. The number of halogens is 1. The second-order valence-electron chi connectivity index (χ2n) is 5.94. The number of aromatic nitrogens is 2. The Hall–Kier alpha value is -2.12. The molecule has 0 radical (unpaired) electrons. The molecule has 8 heteroatoms. The van der Waals surface area contributed by atoms with Crippen molar-refractivity contribution in [2.24, 2.45) is 0 Å². The lowest BCUT2D eigenvalue weighted by molar-refractivity contribution is -0.139. The smallest absolute Gasteiger partial charge is 0.264 e. The lowest BCUT2D eigenvalue weighted by atomic mass is 9.91. The Morgan fingerprint density at radius 1 is 1.36 bits per heavy atom. The topological polar surface area (TPSA) is 89.3 Å². The molecule has 1 amide bonds. The van der Waals surface area contributed by atoms with E-state index in [1.165, 1.54) is 0 Å². The number of ether oxygens (including phenoxy) is 1. The van der Waals surface area contributed by atoms with Crippen LogP contribution in [0.2, 0.25) is 5.02 Å². The third kappa shape index (κ3) is 4.29. The minimum atomic E-state index is -0.920. The largest absolute Gasteiger partial charge is 0.477 e. The monoisotopic (exact) mass is 364 g/mol. The number of piperidine rings is 1. The summed E-state index contributed by atoms with van der Waals surface area (Å²) in [6.45, 7) is 3.56. The van der Waals surface area contributed by atoms with Crippen LogP contribution in [0, 0.1) is 0 Å². The molecule has 1 aromatic carbocycles. The number of hydrogen-bond acceptors (Lipinski definition) is 6. The zero-order valence-electron chi connectivity index (χ0n) is 14.0. The zero-order chi connectivity index (χ0) is 17.7. The Bertz CT molecular complexity index is 711. The van der Waals surface area contributed by atoms with Crippen molar-refractivity contribution >= 4 is 17.5 Å². The molecule has 2 heterocycles. The highest BCUT2D eigenvalue weighted by atomic mass is 35.5. The number of nitrogens with one attached hydrogen (secondary N) is 2. The Balaban J connectivity index is 1.70. The predicted molar refractivity (Wildman–Crippen MR) is 92.4 cm³/mol. The molecular formula is C17H21ClN4O3. The fraction of sp³-hybridized carbons (Fsp3) is 0.471. The summed E-state index contributed by atoms with van der Waals surface area (Å²) in [5.41, 5.74) is -0.920. The molecule has 1 aliphatic rings. The molecule has 0 spiro atoms. The van der Waals surface area contributed by atoms with Crippen molar-refractivity contribution in [3.05, 3.63) is 41.0 Å². The Morgan fingerprint density at radius 2 is 2.08 bits per heavy atom. The average molecular weight is 365 g/mol. The van der Waals surface area contributed by atoms with Crippen molar-refractivity contribution < 1.29 is 14.1 Å². The van der Waals surface area contributed by atoms with Crippen LogP contribution in [-0.2, 0) is 17.8 Å². The van der Waals surface area contributed by atoms with E-state index in [-0.39, 0.29) is 12.5 Å². The van der Waals surface area contributed by atoms with Gasteiger partial charge < -0.3 is 19.9 Å². The van der Waals surface area contributed by atoms with Gasteiger partial charge in [0.15, 0.2) is 11.4 Å². The number of nitrogens with zero attached hydrogens (tertiary/aromatic N) is 2. The first-order valence-electron chi connectivity index (χ1n) is 8.36. The van der Waals surface area contributed by atoms with E-state index in [1.807, 2.05) is 6.92 Å². The number of hydrogen-bond donors (Lipinski definition) is 2. The standard InChI is InChI=1S/C17H21ClN4O3/c1-2-15-21-14(22-25-15)11-20-16(23)17(7-9-19-10-8-17)24-13-5-3-12(18)4-6-13/h3-6,19H,2,7-11H2,1H3,(H,20,23). The molecule has 2 N–H and O–H groups in total. The SMILES string of the molecule is CCc1nc(CNC(=O)C2(Oc3ccc(Cl)cc3)CCNCC2)no1. The number of rotatable bonds is 6. The lowest BCUT2D eigenvalue weighted by Crippen LogP contribution is -2.56. The predicted octanol–water partition coefficient (Wildman–Crippen LogP) is 2.10. The number of amides is 1. The molecular weight excluding hydrogens is 344 g/mol. The van der Waals surface area contributed by atoms with E-state index < -0.39 is 5.60 Å². The van der Waals surface area contributed by atoms with E-state index in [4.69, 9.17) is 20.9 Å². The van der Waals surface area contributed by atoms with Crippen LogP contribution >= 0.6 is 11.6 Å². The minimum Gasteiger partial charge on any atom is -0.477 e. The van der Waals surface area contributed by atoms with Crippen molar-refractivity contribution in [1.82, 2.24) is 20.8 Å². The molecule has 3 rings (SSSR count). The summed E-state index contributed by atoms with van der Waals surface area (Å²) in [5.74, 6) is 1.46. The highest BCUT2D eigenvalue weighted by Crippen LogP contribution is 2.28. The molecule has 7 nitrogen and oxygen atoms in total. The first kappa shape index (κ1) is 17.7. The van der Waals surface area contributed by atoms with Gasteiger partial charge in [-0.25, -0.2) is 0 Å². The van der Waals surface area contributed by atoms with Crippen LogP contribution in [0.5, 0.6) is 5.75 Å².